The lowest BCUT2D eigenvalue weighted by molar-refractivity contribution is 0.0696. The zero-order valence-corrected chi connectivity index (χ0v) is 10.6. The van der Waals surface area contributed by atoms with E-state index in [0.29, 0.717) is 29.8 Å². The fraction of sp³-hybridized carbons (Fsp3) is 0.600. The van der Waals surface area contributed by atoms with Gasteiger partial charge in [-0.2, -0.15) is 0 Å². The van der Waals surface area contributed by atoms with Gasteiger partial charge in [0.15, 0.2) is 5.16 Å². The molecule has 1 aromatic rings. The highest BCUT2D eigenvalue weighted by molar-refractivity contribution is 7.98. The van der Waals surface area contributed by atoms with Gasteiger partial charge in [-0.25, -0.2) is 9.97 Å². The molecule has 1 aromatic heterocycles. The van der Waals surface area contributed by atoms with Crippen molar-refractivity contribution in [2.45, 2.75) is 31.0 Å². The quantitative estimate of drug-likeness (QED) is 0.534. The first-order valence-corrected chi connectivity index (χ1v) is 6.34. The van der Waals surface area contributed by atoms with E-state index in [2.05, 4.69) is 15.3 Å². The smallest absolute Gasteiger partial charge is 0.191 e. The average molecular weight is 242 g/mol. The number of nitrogens with zero attached hydrogens (tertiary/aromatic N) is 2. The van der Waals surface area contributed by atoms with Crippen LogP contribution >= 0.6 is 11.8 Å². The SMILES string of the molecule is CCC(C)(O)CNc1cc(N)nc(SC)n1. The highest BCUT2D eigenvalue weighted by Gasteiger charge is 2.17. The van der Waals surface area contributed by atoms with E-state index in [9.17, 15) is 5.11 Å². The number of aromatic nitrogens is 2. The summed E-state index contributed by atoms with van der Waals surface area (Å²) in [5.41, 5.74) is 4.90. The third-order valence-electron chi connectivity index (χ3n) is 2.32. The first-order chi connectivity index (χ1) is 7.46. The summed E-state index contributed by atoms with van der Waals surface area (Å²) in [6, 6.07) is 1.66. The van der Waals surface area contributed by atoms with Crippen molar-refractivity contribution in [1.82, 2.24) is 9.97 Å². The summed E-state index contributed by atoms with van der Waals surface area (Å²) in [6.45, 7) is 4.15. The molecular weight excluding hydrogens is 224 g/mol. The predicted octanol–water partition coefficient (Wildman–Crippen LogP) is 1.35. The van der Waals surface area contributed by atoms with Gasteiger partial charge in [0.05, 0.1) is 5.60 Å². The molecular formula is C10H18N4OS. The van der Waals surface area contributed by atoms with Crippen LogP contribution in [0.3, 0.4) is 0 Å². The van der Waals surface area contributed by atoms with Gasteiger partial charge < -0.3 is 16.2 Å². The van der Waals surface area contributed by atoms with Gasteiger partial charge in [-0.15, -0.1) is 0 Å². The highest BCUT2D eigenvalue weighted by atomic mass is 32.2. The number of hydrogen-bond donors (Lipinski definition) is 3. The van der Waals surface area contributed by atoms with E-state index < -0.39 is 5.60 Å². The van der Waals surface area contributed by atoms with Gasteiger partial charge in [-0.1, -0.05) is 18.7 Å². The highest BCUT2D eigenvalue weighted by Crippen LogP contribution is 2.16. The fourth-order valence-electron chi connectivity index (χ4n) is 1.03. The van der Waals surface area contributed by atoms with Gasteiger partial charge >= 0.3 is 0 Å². The van der Waals surface area contributed by atoms with Crippen molar-refractivity contribution in [3.05, 3.63) is 6.07 Å². The van der Waals surface area contributed by atoms with Crippen LogP contribution in [0.4, 0.5) is 11.6 Å². The van der Waals surface area contributed by atoms with E-state index >= 15 is 0 Å². The van der Waals surface area contributed by atoms with Gasteiger partial charge in [0.25, 0.3) is 0 Å². The molecule has 1 unspecified atom stereocenters. The van der Waals surface area contributed by atoms with Crippen molar-refractivity contribution in [2.24, 2.45) is 0 Å². The normalized spacial score (nSPS) is 14.5. The molecule has 1 heterocycles. The van der Waals surface area contributed by atoms with Crippen LogP contribution in [0.2, 0.25) is 0 Å². The van der Waals surface area contributed by atoms with Gasteiger partial charge in [0, 0.05) is 12.6 Å². The summed E-state index contributed by atoms with van der Waals surface area (Å²) in [5, 5.41) is 13.5. The van der Waals surface area contributed by atoms with E-state index in [1.807, 2.05) is 13.2 Å². The minimum absolute atomic E-state index is 0.429. The Bertz CT molecular complexity index is 357. The molecule has 0 spiro atoms. The molecule has 1 rings (SSSR count). The minimum atomic E-state index is -0.737. The molecule has 0 radical (unpaired) electrons. The van der Waals surface area contributed by atoms with Crippen LogP contribution in [0.5, 0.6) is 0 Å². The second-order valence-electron chi connectivity index (χ2n) is 3.87. The van der Waals surface area contributed by atoms with Crippen LogP contribution in [-0.2, 0) is 0 Å². The van der Waals surface area contributed by atoms with Crippen LogP contribution in [0.25, 0.3) is 0 Å². The van der Waals surface area contributed by atoms with Gasteiger partial charge in [-0.3, -0.25) is 0 Å². The maximum atomic E-state index is 9.84. The zero-order valence-electron chi connectivity index (χ0n) is 9.82. The third-order valence-corrected chi connectivity index (χ3v) is 2.87. The van der Waals surface area contributed by atoms with E-state index in [-0.39, 0.29) is 0 Å². The topological polar surface area (TPSA) is 84.1 Å². The number of rotatable bonds is 5. The van der Waals surface area contributed by atoms with Crippen LogP contribution < -0.4 is 11.1 Å². The lowest BCUT2D eigenvalue weighted by Gasteiger charge is -2.21. The van der Waals surface area contributed by atoms with Crippen molar-refractivity contribution in [3.8, 4) is 0 Å². The summed E-state index contributed by atoms with van der Waals surface area (Å²) in [7, 11) is 0. The maximum absolute atomic E-state index is 9.84. The average Bonchev–Trinajstić information content (AvgIpc) is 2.26. The van der Waals surface area contributed by atoms with Crippen LogP contribution in [0, 0.1) is 0 Å². The third kappa shape index (κ3) is 3.86. The Labute approximate surface area is 99.9 Å². The first kappa shape index (κ1) is 13.1. The lowest BCUT2D eigenvalue weighted by atomic mass is 10.0. The number of nitrogens with two attached hydrogens (primary N) is 1. The van der Waals surface area contributed by atoms with Gasteiger partial charge in [0.1, 0.15) is 11.6 Å². The summed E-state index contributed by atoms with van der Waals surface area (Å²) >= 11 is 1.43. The Balaban J connectivity index is 2.70. The molecule has 0 fully saturated rings. The van der Waals surface area contributed by atoms with E-state index in [0.717, 1.165) is 0 Å². The molecule has 0 aliphatic rings. The predicted molar refractivity (Wildman–Crippen MR) is 67.6 cm³/mol. The van der Waals surface area contributed by atoms with E-state index in [1.54, 1.807) is 13.0 Å². The van der Waals surface area contributed by atoms with Crippen molar-refractivity contribution >= 4 is 23.4 Å². The monoisotopic (exact) mass is 242 g/mol. The Morgan fingerprint density at radius 2 is 2.25 bits per heavy atom. The molecule has 90 valence electrons. The molecule has 0 amide bonds. The number of nitrogen functional groups attached to an aromatic ring is 1. The van der Waals surface area contributed by atoms with Crippen LogP contribution in [-0.4, -0.2) is 33.5 Å². The Morgan fingerprint density at radius 1 is 1.56 bits per heavy atom. The number of thioether (sulfide) groups is 1. The molecule has 6 heteroatoms. The molecule has 16 heavy (non-hydrogen) atoms. The van der Waals surface area contributed by atoms with Gasteiger partial charge in [-0.05, 0) is 19.6 Å². The second kappa shape index (κ2) is 5.36. The zero-order chi connectivity index (χ0) is 12.2. The minimum Gasteiger partial charge on any atom is -0.388 e. The number of hydrogen-bond acceptors (Lipinski definition) is 6. The standard InChI is InChI=1S/C10H18N4OS/c1-4-10(2,15)6-12-8-5-7(11)13-9(14-8)16-3/h5,15H,4,6H2,1-3H3,(H3,11,12,13,14). The van der Waals surface area contributed by atoms with Crippen LogP contribution in [0.15, 0.2) is 11.2 Å². The van der Waals surface area contributed by atoms with E-state index in [1.165, 1.54) is 11.8 Å². The Hall–Kier alpha value is -1.01. The summed E-state index contributed by atoms with van der Waals surface area (Å²) < 4.78 is 0. The summed E-state index contributed by atoms with van der Waals surface area (Å²) in [5.74, 6) is 1.07. The Morgan fingerprint density at radius 3 is 2.81 bits per heavy atom. The number of anilines is 2. The lowest BCUT2D eigenvalue weighted by Crippen LogP contribution is -2.32. The fourth-order valence-corrected chi connectivity index (χ4v) is 1.42. The molecule has 0 aliphatic heterocycles. The number of nitrogens with one attached hydrogen (secondary N) is 1. The van der Waals surface area contributed by atoms with Crippen molar-refractivity contribution in [2.75, 3.05) is 23.9 Å². The second-order valence-corrected chi connectivity index (χ2v) is 4.64. The molecule has 1 atom stereocenters. The van der Waals surface area contributed by atoms with Crippen molar-refractivity contribution in [3.63, 3.8) is 0 Å². The largest absolute Gasteiger partial charge is 0.388 e. The summed E-state index contributed by atoms with van der Waals surface area (Å²) in [4.78, 5) is 8.28. The van der Waals surface area contributed by atoms with Crippen LogP contribution in [0.1, 0.15) is 20.3 Å². The van der Waals surface area contributed by atoms with Gasteiger partial charge in [0.2, 0.25) is 0 Å². The number of aliphatic hydroxyl groups is 1. The molecule has 5 nitrogen and oxygen atoms in total. The maximum Gasteiger partial charge on any atom is 0.191 e. The van der Waals surface area contributed by atoms with E-state index in [4.69, 9.17) is 5.73 Å². The molecule has 4 N–H and O–H groups in total. The van der Waals surface area contributed by atoms with Crippen molar-refractivity contribution in [1.29, 1.82) is 0 Å². The molecule has 0 aromatic carbocycles. The Kier molecular flexibility index (Phi) is 4.37. The molecule has 0 saturated carbocycles. The molecule has 0 saturated heterocycles. The van der Waals surface area contributed by atoms with Crippen molar-refractivity contribution < 1.29 is 5.11 Å². The first-order valence-electron chi connectivity index (χ1n) is 5.11. The summed E-state index contributed by atoms with van der Waals surface area (Å²) in [6.07, 6.45) is 2.57. The molecule has 0 aliphatic carbocycles. The molecule has 0 bridgehead atoms.